The van der Waals surface area contributed by atoms with Crippen molar-refractivity contribution in [2.75, 3.05) is 11.9 Å². The van der Waals surface area contributed by atoms with E-state index in [-0.39, 0.29) is 6.54 Å². The van der Waals surface area contributed by atoms with Gasteiger partial charge < -0.3 is 10.6 Å². The maximum absolute atomic E-state index is 13.0. The van der Waals surface area contributed by atoms with E-state index in [1.165, 1.54) is 0 Å². The highest BCUT2D eigenvalue weighted by atomic mass is 16.2. The summed E-state index contributed by atoms with van der Waals surface area (Å²) >= 11 is 0. The van der Waals surface area contributed by atoms with Crippen LogP contribution >= 0.6 is 0 Å². The molecule has 4 amide bonds. The number of urea groups is 1. The molecule has 1 aliphatic heterocycles. The zero-order chi connectivity index (χ0) is 21.3. The Bertz CT molecular complexity index is 946. The van der Waals surface area contributed by atoms with Gasteiger partial charge in [-0.2, -0.15) is 0 Å². The van der Waals surface area contributed by atoms with Gasteiger partial charge in [-0.3, -0.25) is 14.5 Å². The van der Waals surface area contributed by atoms with E-state index < -0.39 is 23.4 Å². The lowest BCUT2D eigenvalue weighted by Gasteiger charge is -2.22. The highest BCUT2D eigenvalue weighted by Crippen LogP contribution is 2.30. The number of amides is 4. The Balaban J connectivity index is 1.75. The fourth-order valence-corrected chi connectivity index (χ4v) is 3.63. The molecule has 0 aromatic heterocycles. The Morgan fingerprint density at radius 2 is 1.66 bits per heavy atom. The summed E-state index contributed by atoms with van der Waals surface area (Å²) in [7, 11) is 0. The molecule has 152 valence electrons. The van der Waals surface area contributed by atoms with Crippen LogP contribution in [0.4, 0.5) is 10.5 Å². The van der Waals surface area contributed by atoms with Gasteiger partial charge in [0, 0.05) is 5.69 Å². The van der Waals surface area contributed by atoms with Crippen LogP contribution in [0.2, 0.25) is 0 Å². The number of aryl methyl sites for hydroxylation is 2. The van der Waals surface area contributed by atoms with Crippen molar-refractivity contribution in [2.45, 2.75) is 46.1 Å². The van der Waals surface area contributed by atoms with Crippen LogP contribution in [0.15, 0.2) is 42.5 Å². The average molecular weight is 393 g/mol. The van der Waals surface area contributed by atoms with E-state index in [2.05, 4.69) is 24.5 Å². The largest absolute Gasteiger partial charge is 0.325 e. The number of carbonyl (C=O) groups is 3. The van der Waals surface area contributed by atoms with Gasteiger partial charge in [0.2, 0.25) is 5.91 Å². The van der Waals surface area contributed by atoms with Gasteiger partial charge in [-0.25, -0.2) is 4.79 Å². The maximum Gasteiger partial charge on any atom is 0.325 e. The first-order valence-electron chi connectivity index (χ1n) is 9.73. The molecule has 2 aromatic rings. The minimum Gasteiger partial charge on any atom is -0.325 e. The Kier molecular flexibility index (Phi) is 5.46. The van der Waals surface area contributed by atoms with Crippen molar-refractivity contribution in [3.05, 3.63) is 64.7 Å². The summed E-state index contributed by atoms with van der Waals surface area (Å²) in [6.07, 6.45) is 0. The Morgan fingerprint density at radius 3 is 2.21 bits per heavy atom. The van der Waals surface area contributed by atoms with Gasteiger partial charge >= 0.3 is 6.03 Å². The normalized spacial score (nSPS) is 18.9. The van der Waals surface area contributed by atoms with E-state index in [0.717, 1.165) is 21.6 Å². The number of imide groups is 1. The number of anilines is 1. The topological polar surface area (TPSA) is 78.5 Å². The molecule has 6 nitrogen and oxygen atoms in total. The number of hydrogen-bond acceptors (Lipinski definition) is 3. The van der Waals surface area contributed by atoms with Crippen molar-refractivity contribution in [3.8, 4) is 0 Å². The van der Waals surface area contributed by atoms with Crippen LogP contribution in [-0.2, 0) is 15.1 Å². The molecule has 1 aliphatic rings. The van der Waals surface area contributed by atoms with E-state index in [1.807, 2.05) is 56.3 Å². The molecular weight excluding hydrogens is 366 g/mol. The average Bonchev–Trinajstić information content (AvgIpc) is 2.85. The van der Waals surface area contributed by atoms with Gasteiger partial charge in [0.05, 0.1) is 0 Å². The predicted molar refractivity (Wildman–Crippen MR) is 113 cm³/mol. The van der Waals surface area contributed by atoms with Gasteiger partial charge in [-0.05, 0) is 61.1 Å². The highest BCUT2D eigenvalue weighted by Gasteiger charge is 2.49. The fraction of sp³-hybridized carbons (Fsp3) is 0.348. The third-order valence-corrected chi connectivity index (χ3v) is 5.24. The minimum absolute atomic E-state index is 0.336. The molecule has 0 unspecified atom stereocenters. The second-order valence-electron chi connectivity index (χ2n) is 8.15. The molecule has 0 bridgehead atoms. The molecule has 3 rings (SSSR count). The van der Waals surface area contributed by atoms with Crippen molar-refractivity contribution < 1.29 is 14.4 Å². The standard InChI is InChI=1S/C23H27N3O3/c1-14(2)17-6-8-18(9-7-17)23(5)21(28)26(22(29)25-23)13-20(27)24-19-11-15(3)10-16(4)12-19/h6-12,14H,13H2,1-5H3,(H,24,27)(H,25,29)/t23-/m0/s1. The van der Waals surface area contributed by atoms with E-state index >= 15 is 0 Å². The third-order valence-electron chi connectivity index (χ3n) is 5.24. The molecule has 6 heteroatoms. The maximum atomic E-state index is 13.0. The van der Waals surface area contributed by atoms with Gasteiger partial charge in [0.1, 0.15) is 12.1 Å². The summed E-state index contributed by atoms with van der Waals surface area (Å²) in [5.41, 5.74) is 3.34. The van der Waals surface area contributed by atoms with Crippen LogP contribution in [0.5, 0.6) is 0 Å². The van der Waals surface area contributed by atoms with Crippen LogP contribution in [0.3, 0.4) is 0 Å². The van der Waals surface area contributed by atoms with Crippen molar-refractivity contribution in [2.24, 2.45) is 0 Å². The van der Waals surface area contributed by atoms with Crippen molar-refractivity contribution in [1.82, 2.24) is 10.2 Å². The lowest BCUT2D eigenvalue weighted by molar-refractivity contribution is -0.133. The lowest BCUT2D eigenvalue weighted by Crippen LogP contribution is -2.42. The molecule has 0 spiro atoms. The van der Waals surface area contributed by atoms with Crippen molar-refractivity contribution in [1.29, 1.82) is 0 Å². The van der Waals surface area contributed by atoms with Crippen LogP contribution in [0.1, 0.15) is 48.9 Å². The van der Waals surface area contributed by atoms with Gasteiger partial charge in [-0.15, -0.1) is 0 Å². The summed E-state index contributed by atoms with van der Waals surface area (Å²) in [5.74, 6) is -0.482. The molecule has 29 heavy (non-hydrogen) atoms. The van der Waals surface area contributed by atoms with Gasteiger partial charge in [-0.1, -0.05) is 44.2 Å². The molecule has 2 aromatic carbocycles. The molecule has 0 saturated carbocycles. The van der Waals surface area contributed by atoms with Crippen LogP contribution in [0, 0.1) is 13.8 Å². The minimum atomic E-state index is -1.19. The fourth-order valence-electron chi connectivity index (χ4n) is 3.63. The number of benzene rings is 2. The SMILES string of the molecule is Cc1cc(C)cc(NC(=O)CN2C(=O)N[C@@](C)(c3ccc(C(C)C)cc3)C2=O)c1. The molecule has 1 atom stereocenters. The second-order valence-corrected chi connectivity index (χ2v) is 8.15. The first-order valence-corrected chi connectivity index (χ1v) is 9.73. The molecular formula is C23H27N3O3. The number of nitrogens with zero attached hydrogens (tertiary/aromatic N) is 1. The van der Waals surface area contributed by atoms with Crippen LogP contribution in [0.25, 0.3) is 0 Å². The first kappa shape index (κ1) is 20.6. The van der Waals surface area contributed by atoms with Crippen molar-refractivity contribution >= 4 is 23.5 Å². The van der Waals surface area contributed by atoms with Gasteiger partial charge in [0.25, 0.3) is 5.91 Å². The number of nitrogens with one attached hydrogen (secondary N) is 2. The molecule has 2 N–H and O–H groups in total. The van der Waals surface area contributed by atoms with Crippen molar-refractivity contribution in [3.63, 3.8) is 0 Å². The van der Waals surface area contributed by atoms with E-state index in [0.29, 0.717) is 17.2 Å². The molecule has 0 radical (unpaired) electrons. The Labute approximate surface area is 171 Å². The second kappa shape index (κ2) is 7.70. The summed E-state index contributed by atoms with van der Waals surface area (Å²) < 4.78 is 0. The molecule has 0 aliphatic carbocycles. The summed E-state index contributed by atoms with van der Waals surface area (Å²) in [4.78, 5) is 38.9. The van der Waals surface area contributed by atoms with E-state index in [9.17, 15) is 14.4 Å². The van der Waals surface area contributed by atoms with E-state index in [4.69, 9.17) is 0 Å². The zero-order valence-electron chi connectivity index (χ0n) is 17.5. The Morgan fingerprint density at radius 1 is 1.07 bits per heavy atom. The summed E-state index contributed by atoms with van der Waals surface area (Å²) in [6, 6.07) is 12.7. The third kappa shape index (κ3) is 4.16. The number of carbonyl (C=O) groups excluding carboxylic acids is 3. The quantitative estimate of drug-likeness (QED) is 0.758. The number of rotatable bonds is 5. The van der Waals surface area contributed by atoms with Crippen LogP contribution in [-0.4, -0.2) is 29.3 Å². The van der Waals surface area contributed by atoms with E-state index in [1.54, 1.807) is 6.92 Å². The summed E-state index contributed by atoms with van der Waals surface area (Å²) in [5, 5.41) is 5.51. The summed E-state index contributed by atoms with van der Waals surface area (Å²) in [6.45, 7) is 9.40. The Hall–Kier alpha value is -3.15. The molecule has 1 saturated heterocycles. The molecule has 1 heterocycles. The highest BCUT2D eigenvalue weighted by molar-refractivity contribution is 6.10. The first-order chi connectivity index (χ1) is 13.6. The lowest BCUT2D eigenvalue weighted by atomic mass is 9.90. The monoisotopic (exact) mass is 393 g/mol. The smallest absolute Gasteiger partial charge is 0.325 e. The number of hydrogen-bond donors (Lipinski definition) is 2. The van der Waals surface area contributed by atoms with Gasteiger partial charge in [0.15, 0.2) is 0 Å². The zero-order valence-corrected chi connectivity index (χ0v) is 17.5. The van der Waals surface area contributed by atoms with Crippen LogP contribution < -0.4 is 10.6 Å². The molecule has 1 fully saturated rings. The predicted octanol–water partition coefficient (Wildman–Crippen LogP) is 3.83.